The lowest BCUT2D eigenvalue weighted by Crippen LogP contribution is -2.16. The van der Waals surface area contributed by atoms with Crippen molar-refractivity contribution in [2.24, 2.45) is 0 Å². The average molecular weight is 435 g/mol. The highest BCUT2D eigenvalue weighted by Crippen LogP contribution is 2.41. The lowest BCUT2D eigenvalue weighted by atomic mass is 10.2. The second kappa shape index (κ2) is 7.52. The van der Waals surface area contributed by atoms with E-state index in [-0.39, 0.29) is 28.7 Å². The summed E-state index contributed by atoms with van der Waals surface area (Å²) in [5.41, 5.74) is -1.78. The number of hydrogen-bond acceptors (Lipinski definition) is 6. The highest BCUT2D eigenvalue weighted by atomic mass is 19.4. The van der Waals surface area contributed by atoms with Gasteiger partial charge in [0.15, 0.2) is 11.3 Å². The Balaban J connectivity index is 1.69. The van der Waals surface area contributed by atoms with Crippen molar-refractivity contribution in [1.29, 1.82) is 0 Å². The number of nitro benzene ring substituents is 1. The van der Waals surface area contributed by atoms with Crippen LogP contribution >= 0.6 is 0 Å². The minimum Gasteiger partial charge on any atom is -0.494 e. The molecule has 1 aliphatic rings. The van der Waals surface area contributed by atoms with Crippen LogP contribution in [0.1, 0.15) is 47.6 Å². The van der Waals surface area contributed by atoms with E-state index in [0.29, 0.717) is 16.8 Å². The summed E-state index contributed by atoms with van der Waals surface area (Å²) >= 11 is 0. The van der Waals surface area contributed by atoms with Gasteiger partial charge in [0.25, 0.3) is 11.6 Å². The fraction of sp³-hybridized carbons (Fsp3) is 0.316. The number of hydrogen-bond donors (Lipinski definition) is 1. The predicted molar refractivity (Wildman–Crippen MR) is 102 cm³/mol. The Morgan fingerprint density at radius 1 is 1.32 bits per heavy atom. The molecule has 1 N–H and O–H groups in total. The van der Waals surface area contributed by atoms with Gasteiger partial charge in [-0.05, 0) is 38.0 Å². The molecule has 4 rings (SSSR count). The van der Waals surface area contributed by atoms with Gasteiger partial charge >= 0.3 is 6.18 Å². The molecule has 1 aliphatic carbocycles. The molecule has 12 heteroatoms. The van der Waals surface area contributed by atoms with Crippen LogP contribution in [-0.4, -0.2) is 32.0 Å². The first-order valence-corrected chi connectivity index (χ1v) is 9.38. The quantitative estimate of drug-likeness (QED) is 0.459. The molecule has 0 aliphatic heterocycles. The standard InChI is InChI=1S/C19H16F3N5O4/c1-2-31-11-5-6-12(15(7-11)27(29)30)24-18(28)14-9-17-23-13(10-3-4-10)8-16(19(20,21)22)26(17)25-14/h5-10H,2-4H2,1H3,(H,24,28). The van der Waals surface area contributed by atoms with Gasteiger partial charge in [0.05, 0.1) is 17.6 Å². The summed E-state index contributed by atoms with van der Waals surface area (Å²) in [6, 6.07) is 5.92. The summed E-state index contributed by atoms with van der Waals surface area (Å²) in [4.78, 5) is 27.4. The van der Waals surface area contributed by atoms with Gasteiger partial charge in [-0.15, -0.1) is 0 Å². The first-order valence-electron chi connectivity index (χ1n) is 9.38. The number of carbonyl (C=O) groups excluding carboxylic acids is 1. The molecule has 1 aromatic carbocycles. The molecule has 9 nitrogen and oxygen atoms in total. The molecule has 1 amide bonds. The van der Waals surface area contributed by atoms with Gasteiger partial charge in [-0.3, -0.25) is 14.9 Å². The van der Waals surface area contributed by atoms with Crippen molar-refractivity contribution in [3.8, 4) is 5.75 Å². The second-order valence-corrected chi connectivity index (χ2v) is 6.96. The predicted octanol–water partition coefficient (Wildman–Crippen LogP) is 4.18. The summed E-state index contributed by atoms with van der Waals surface area (Å²) in [6.07, 6.45) is -3.19. The van der Waals surface area contributed by atoms with Crippen molar-refractivity contribution >= 4 is 22.9 Å². The molecule has 0 saturated heterocycles. The van der Waals surface area contributed by atoms with Gasteiger partial charge in [-0.1, -0.05) is 0 Å². The minimum atomic E-state index is -4.70. The highest BCUT2D eigenvalue weighted by Gasteiger charge is 2.37. The van der Waals surface area contributed by atoms with Crippen LogP contribution in [-0.2, 0) is 6.18 Å². The van der Waals surface area contributed by atoms with E-state index < -0.39 is 28.4 Å². The number of halogens is 3. The maximum Gasteiger partial charge on any atom is 0.433 e. The van der Waals surface area contributed by atoms with E-state index in [2.05, 4.69) is 15.4 Å². The highest BCUT2D eigenvalue weighted by molar-refractivity contribution is 6.04. The van der Waals surface area contributed by atoms with E-state index in [9.17, 15) is 28.1 Å². The molecule has 162 valence electrons. The SMILES string of the molecule is CCOc1ccc(NC(=O)c2cc3nc(C4CC4)cc(C(F)(F)F)n3n2)c([N+](=O)[O-])c1. The van der Waals surface area contributed by atoms with Crippen LogP contribution in [0.4, 0.5) is 24.5 Å². The Labute approximate surface area is 173 Å². The van der Waals surface area contributed by atoms with Crippen molar-refractivity contribution < 1.29 is 27.6 Å². The molecular formula is C19H16F3N5O4. The number of rotatable bonds is 6. The van der Waals surface area contributed by atoms with Gasteiger partial charge in [0, 0.05) is 17.7 Å². The molecule has 31 heavy (non-hydrogen) atoms. The van der Waals surface area contributed by atoms with Crippen LogP contribution in [0, 0.1) is 10.1 Å². The van der Waals surface area contributed by atoms with E-state index in [1.54, 1.807) is 6.92 Å². The molecule has 2 heterocycles. The first kappa shape index (κ1) is 20.6. The molecule has 0 radical (unpaired) electrons. The summed E-state index contributed by atoms with van der Waals surface area (Å²) in [5.74, 6) is -0.699. The monoisotopic (exact) mass is 435 g/mol. The Bertz CT molecular complexity index is 1190. The summed E-state index contributed by atoms with van der Waals surface area (Å²) in [5, 5.41) is 17.4. The van der Waals surface area contributed by atoms with E-state index in [0.717, 1.165) is 31.0 Å². The fourth-order valence-corrected chi connectivity index (χ4v) is 3.11. The fourth-order valence-electron chi connectivity index (χ4n) is 3.11. The number of nitrogens with zero attached hydrogens (tertiary/aromatic N) is 4. The number of anilines is 1. The number of benzene rings is 1. The Hall–Kier alpha value is -3.70. The third-order valence-electron chi connectivity index (χ3n) is 4.69. The zero-order valence-corrected chi connectivity index (χ0v) is 16.1. The number of carbonyl (C=O) groups is 1. The van der Waals surface area contributed by atoms with Crippen LogP contribution in [0.3, 0.4) is 0 Å². The van der Waals surface area contributed by atoms with Gasteiger partial charge in [0.1, 0.15) is 17.1 Å². The molecule has 0 atom stereocenters. The van der Waals surface area contributed by atoms with Crippen LogP contribution in [0.5, 0.6) is 5.75 Å². The number of ether oxygens (including phenoxy) is 1. The van der Waals surface area contributed by atoms with Crippen molar-refractivity contribution in [3.05, 3.63) is 57.5 Å². The van der Waals surface area contributed by atoms with E-state index in [1.165, 1.54) is 12.1 Å². The zero-order chi connectivity index (χ0) is 22.3. The van der Waals surface area contributed by atoms with Crippen molar-refractivity contribution in [1.82, 2.24) is 14.6 Å². The Kier molecular flexibility index (Phi) is 4.99. The normalized spacial score (nSPS) is 13.9. The van der Waals surface area contributed by atoms with E-state index >= 15 is 0 Å². The lowest BCUT2D eigenvalue weighted by molar-refractivity contribution is -0.384. The smallest absolute Gasteiger partial charge is 0.433 e. The lowest BCUT2D eigenvalue weighted by Gasteiger charge is -2.10. The van der Waals surface area contributed by atoms with Crippen LogP contribution in [0.2, 0.25) is 0 Å². The Morgan fingerprint density at radius 3 is 2.68 bits per heavy atom. The van der Waals surface area contributed by atoms with E-state index in [1.807, 2.05) is 0 Å². The molecule has 0 spiro atoms. The van der Waals surface area contributed by atoms with Gasteiger partial charge < -0.3 is 10.1 Å². The number of fused-ring (bicyclic) bond motifs is 1. The van der Waals surface area contributed by atoms with Crippen LogP contribution < -0.4 is 10.1 Å². The molecule has 2 aromatic heterocycles. The van der Waals surface area contributed by atoms with Crippen molar-refractivity contribution in [2.45, 2.75) is 31.9 Å². The van der Waals surface area contributed by atoms with Gasteiger partial charge in [-0.25, -0.2) is 9.50 Å². The number of nitro groups is 1. The third-order valence-corrected chi connectivity index (χ3v) is 4.69. The number of nitrogens with one attached hydrogen (secondary N) is 1. The van der Waals surface area contributed by atoms with Gasteiger partial charge in [0.2, 0.25) is 0 Å². The maximum absolute atomic E-state index is 13.5. The summed E-state index contributed by atoms with van der Waals surface area (Å²) < 4.78 is 46.3. The average Bonchev–Trinajstić information content (AvgIpc) is 3.46. The maximum atomic E-state index is 13.5. The molecule has 1 saturated carbocycles. The number of alkyl halides is 3. The third kappa shape index (κ3) is 4.13. The topological polar surface area (TPSA) is 112 Å². The zero-order valence-electron chi connectivity index (χ0n) is 16.1. The van der Waals surface area contributed by atoms with Crippen molar-refractivity contribution in [3.63, 3.8) is 0 Å². The number of aromatic nitrogens is 3. The first-order chi connectivity index (χ1) is 14.7. The number of amides is 1. The van der Waals surface area contributed by atoms with Crippen LogP contribution in [0.25, 0.3) is 5.65 Å². The summed E-state index contributed by atoms with van der Waals surface area (Å²) in [6.45, 7) is 2.00. The minimum absolute atomic E-state index is 0.0372. The van der Waals surface area contributed by atoms with Crippen molar-refractivity contribution in [2.75, 3.05) is 11.9 Å². The Morgan fingerprint density at radius 2 is 2.06 bits per heavy atom. The summed E-state index contributed by atoms with van der Waals surface area (Å²) in [7, 11) is 0. The van der Waals surface area contributed by atoms with Gasteiger partial charge in [-0.2, -0.15) is 18.3 Å². The van der Waals surface area contributed by atoms with Crippen LogP contribution in [0.15, 0.2) is 30.3 Å². The van der Waals surface area contributed by atoms with E-state index in [4.69, 9.17) is 4.74 Å². The largest absolute Gasteiger partial charge is 0.494 e. The molecule has 0 unspecified atom stereocenters. The second-order valence-electron chi connectivity index (χ2n) is 6.96. The molecule has 0 bridgehead atoms. The molecule has 1 fully saturated rings. The molecular weight excluding hydrogens is 419 g/mol. The molecule has 3 aromatic rings.